The molecule has 0 aliphatic carbocycles. The molecule has 0 amide bonds. The molecule has 0 unspecified atom stereocenters. The number of hydrogen-bond acceptors (Lipinski definition) is 3. The lowest BCUT2D eigenvalue weighted by atomic mass is 10.1. The monoisotopic (exact) mass is 313 g/mol. The molecule has 6 heteroatoms. The molecule has 0 aliphatic heterocycles. The lowest BCUT2D eigenvalue weighted by Gasteiger charge is -2.06. The molecule has 0 spiro atoms. The first-order valence-corrected chi connectivity index (χ1v) is 6.99. The van der Waals surface area contributed by atoms with Crippen LogP contribution in [0.15, 0.2) is 30.5 Å². The highest BCUT2D eigenvalue weighted by Crippen LogP contribution is 2.34. The maximum atomic E-state index is 12.5. The van der Waals surface area contributed by atoms with E-state index in [0.29, 0.717) is 10.6 Å². The molecule has 2 nitrogen and oxygen atoms in total. The van der Waals surface area contributed by atoms with Gasteiger partial charge in [-0.1, -0.05) is 12.1 Å². The Labute approximate surface area is 124 Å². The summed E-state index contributed by atoms with van der Waals surface area (Å²) in [4.78, 5) is 5.38. The Balaban J connectivity index is 2.35. The number of hydrogen-bond donors (Lipinski definition) is 0. The van der Waals surface area contributed by atoms with Gasteiger partial charge in [0, 0.05) is 11.1 Å². The SMILES string of the molecule is COC=C(C)c1sc(-c2ccc(C(F)(F)F)cc2)nc1C. The molecule has 2 rings (SSSR count). The average Bonchev–Trinajstić information content (AvgIpc) is 2.80. The van der Waals surface area contributed by atoms with E-state index in [1.807, 2.05) is 13.8 Å². The normalized spacial score (nSPS) is 12.6. The fraction of sp³-hybridized carbons (Fsp3) is 0.267. The van der Waals surface area contributed by atoms with Crippen molar-refractivity contribution in [1.82, 2.24) is 4.98 Å². The van der Waals surface area contributed by atoms with Gasteiger partial charge in [-0.2, -0.15) is 13.2 Å². The number of benzene rings is 1. The number of nitrogens with zero attached hydrogens (tertiary/aromatic N) is 1. The van der Waals surface area contributed by atoms with Gasteiger partial charge in [-0.15, -0.1) is 11.3 Å². The third kappa shape index (κ3) is 3.44. The van der Waals surface area contributed by atoms with Gasteiger partial charge < -0.3 is 4.74 Å². The molecule has 112 valence electrons. The largest absolute Gasteiger partial charge is 0.504 e. The van der Waals surface area contributed by atoms with Gasteiger partial charge >= 0.3 is 6.18 Å². The van der Waals surface area contributed by atoms with Crippen molar-refractivity contribution in [3.63, 3.8) is 0 Å². The minimum absolute atomic E-state index is 0.657. The summed E-state index contributed by atoms with van der Waals surface area (Å²) in [6.07, 6.45) is -2.70. The van der Waals surface area contributed by atoms with E-state index in [4.69, 9.17) is 4.74 Å². The number of aromatic nitrogens is 1. The summed E-state index contributed by atoms with van der Waals surface area (Å²) in [7, 11) is 1.57. The van der Waals surface area contributed by atoms with Crippen molar-refractivity contribution in [2.24, 2.45) is 0 Å². The molecule has 1 aromatic carbocycles. The van der Waals surface area contributed by atoms with Crippen LogP contribution in [0.5, 0.6) is 0 Å². The minimum Gasteiger partial charge on any atom is -0.504 e. The molecule has 0 saturated heterocycles. The van der Waals surface area contributed by atoms with Gasteiger partial charge in [-0.05, 0) is 26.0 Å². The number of ether oxygens (including phenoxy) is 1. The van der Waals surface area contributed by atoms with Crippen LogP contribution in [-0.4, -0.2) is 12.1 Å². The number of allylic oxidation sites excluding steroid dienone is 1. The molecule has 0 aliphatic rings. The Hall–Kier alpha value is -1.82. The molecule has 2 aromatic rings. The second kappa shape index (κ2) is 5.89. The van der Waals surface area contributed by atoms with Gasteiger partial charge in [-0.25, -0.2) is 4.98 Å². The maximum absolute atomic E-state index is 12.5. The first-order valence-electron chi connectivity index (χ1n) is 6.18. The number of thiazole rings is 1. The average molecular weight is 313 g/mol. The number of halogens is 3. The maximum Gasteiger partial charge on any atom is 0.416 e. The van der Waals surface area contributed by atoms with Crippen LogP contribution >= 0.6 is 11.3 Å². The molecular weight excluding hydrogens is 299 g/mol. The first kappa shape index (κ1) is 15.6. The van der Waals surface area contributed by atoms with Crippen LogP contribution < -0.4 is 0 Å². The van der Waals surface area contributed by atoms with E-state index in [2.05, 4.69) is 4.98 Å². The first-order chi connectivity index (χ1) is 9.82. The Morgan fingerprint density at radius 1 is 1.24 bits per heavy atom. The summed E-state index contributed by atoms with van der Waals surface area (Å²) in [5, 5.41) is 0.695. The number of aryl methyl sites for hydroxylation is 1. The topological polar surface area (TPSA) is 22.1 Å². The molecule has 1 heterocycles. The van der Waals surface area contributed by atoms with Crippen LogP contribution in [0.2, 0.25) is 0 Å². The zero-order valence-electron chi connectivity index (χ0n) is 11.8. The van der Waals surface area contributed by atoms with Crippen molar-refractivity contribution in [3.05, 3.63) is 46.7 Å². The highest BCUT2D eigenvalue weighted by atomic mass is 32.1. The van der Waals surface area contributed by atoms with Crippen LogP contribution in [-0.2, 0) is 10.9 Å². The lowest BCUT2D eigenvalue weighted by Crippen LogP contribution is -2.03. The van der Waals surface area contributed by atoms with Crippen molar-refractivity contribution < 1.29 is 17.9 Å². The van der Waals surface area contributed by atoms with Gasteiger partial charge in [0.2, 0.25) is 0 Å². The standard InChI is InChI=1S/C15H14F3NOS/c1-9(8-20-3)13-10(2)19-14(21-13)11-4-6-12(7-5-11)15(16,17)18/h4-8H,1-3H3. The lowest BCUT2D eigenvalue weighted by molar-refractivity contribution is -0.137. The second-order valence-corrected chi connectivity index (χ2v) is 5.54. The number of methoxy groups -OCH3 is 1. The third-order valence-corrected chi connectivity index (χ3v) is 4.25. The van der Waals surface area contributed by atoms with E-state index in [-0.39, 0.29) is 0 Å². The summed E-state index contributed by atoms with van der Waals surface area (Å²) in [5.74, 6) is 0. The van der Waals surface area contributed by atoms with Crippen molar-refractivity contribution >= 4 is 16.9 Å². The second-order valence-electron chi connectivity index (χ2n) is 4.55. The van der Waals surface area contributed by atoms with Crippen LogP contribution in [0.4, 0.5) is 13.2 Å². The van der Waals surface area contributed by atoms with Crippen molar-refractivity contribution in [3.8, 4) is 10.6 Å². The molecule has 0 N–H and O–H groups in total. The summed E-state index contributed by atoms with van der Waals surface area (Å²) in [6, 6.07) is 5.04. The fourth-order valence-electron chi connectivity index (χ4n) is 1.92. The molecule has 0 radical (unpaired) electrons. The van der Waals surface area contributed by atoms with E-state index < -0.39 is 11.7 Å². The zero-order valence-corrected chi connectivity index (χ0v) is 12.6. The highest BCUT2D eigenvalue weighted by molar-refractivity contribution is 7.16. The Bertz CT molecular complexity index is 657. The molecular formula is C15H14F3NOS. The highest BCUT2D eigenvalue weighted by Gasteiger charge is 2.30. The summed E-state index contributed by atoms with van der Waals surface area (Å²) >= 11 is 1.43. The number of alkyl halides is 3. The minimum atomic E-state index is -4.32. The van der Waals surface area contributed by atoms with Crippen LogP contribution in [0, 0.1) is 6.92 Å². The van der Waals surface area contributed by atoms with Gasteiger partial charge in [0.25, 0.3) is 0 Å². The van der Waals surface area contributed by atoms with E-state index >= 15 is 0 Å². The Morgan fingerprint density at radius 3 is 2.38 bits per heavy atom. The Morgan fingerprint density at radius 2 is 1.86 bits per heavy atom. The predicted octanol–water partition coefficient (Wildman–Crippen LogP) is 5.14. The summed E-state index contributed by atoms with van der Waals surface area (Å²) < 4.78 is 42.6. The molecule has 0 bridgehead atoms. The van der Waals surface area contributed by atoms with E-state index in [0.717, 1.165) is 28.3 Å². The van der Waals surface area contributed by atoms with Gasteiger partial charge in [0.15, 0.2) is 0 Å². The quantitative estimate of drug-likeness (QED) is 0.732. The molecule has 0 fully saturated rings. The fourth-order valence-corrected chi connectivity index (χ4v) is 2.95. The van der Waals surface area contributed by atoms with Crippen molar-refractivity contribution in [2.45, 2.75) is 20.0 Å². The molecule has 0 saturated carbocycles. The molecule has 1 aromatic heterocycles. The zero-order chi connectivity index (χ0) is 15.6. The predicted molar refractivity (Wildman–Crippen MR) is 77.9 cm³/mol. The van der Waals surface area contributed by atoms with Crippen molar-refractivity contribution in [2.75, 3.05) is 7.11 Å². The molecule has 0 atom stereocenters. The smallest absolute Gasteiger partial charge is 0.416 e. The third-order valence-electron chi connectivity index (χ3n) is 2.91. The number of rotatable bonds is 3. The van der Waals surface area contributed by atoms with Gasteiger partial charge in [-0.3, -0.25) is 0 Å². The van der Waals surface area contributed by atoms with Crippen LogP contribution in [0.25, 0.3) is 16.1 Å². The van der Waals surface area contributed by atoms with Crippen LogP contribution in [0.1, 0.15) is 23.1 Å². The molecule has 21 heavy (non-hydrogen) atoms. The van der Waals surface area contributed by atoms with Crippen molar-refractivity contribution in [1.29, 1.82) is 0 Å². The van der Waals surface area contributed by atoms with Gasteiger partial charge in [0.05, 0.1) is 29.5 Å². The van der Waals surface area contributed by atoms with E-state index in [1.54, 1.807) is 13.4 Å². The van der Waals surface area contributed by atoms with E-state index in [1.165, 1.54) is 23.5 Å². The van der Waals surface area contributed by atoms with Gasteiger partial charge in [0.1, 0.15) is 5.01 Å². The summed E-state index contributed by atoms with van der Waals surface area (Å²) in [5.41, 5.74) is 1.79. The Kier molecular flexibility index (Phi) is 4.37. The summed E-state index contributed by atoms with van der Waals surface area (Å²) in [6.45, 7) is 3.77. The van der Waals surface area contributed by atoms with E-state index in [9.17, 15) is 13.2 Å². The van der Waals surface area contributed by atoms with Crippen LogP contribution in [0.3, 0.4) is 0 Å².